The molecule has 0 amide bonds. The summed E-state index contributed by atoms with van der Waals surface area (Å²) in [6.07, 6.45) is 1.90. The topological polar surface area (TPSA) is 51.4 Å². The van der Waals surface area contributed by atoms with E-state index in [0.29, 0.717) is 24.0 Å². The largest absolute Gasteiger partial charge is 0.375 e. The van der Waals surface area contributed by atoms with Gasteiger partial charge in [0, 0.05) is 18.2 Å². The summed E-state index contributed by atoms with van der Waals surface area (Å²) >= 11 is 0. The molecule has 1 aromatic heterocycles. The predicted octanol–water partition coefficient (Wildman–Crippen LogP) is 3.79. The van der Waals surface area contributed by atoms with Gasteiger partial charge in [0.05, 0.1) is 12.1 Å². The first-order valence-electron chi connectivity index (χ1n) is 8.54. The van der Waals surface area contributed by atoms with Crippen LogP contribution in [0.1, 0.15) is 39.5 Å². The Bertz CT molecular complexity index is 733. The van der Waals surface area contributed by atoms with Crippen molar-refractivity contribution in [2.24, 2.45) is 0 Å². The lowest BCUT2D eigenvalue weighted by Crippen LogP contribution is -2.45. The zero-order valence-corrected chi connectivity index (χ0v) is 14.8. The van der Waals surface area contributed by atoms with Gasteiger partial charge in [-0.25, -0.2) is 8.78 Å². The molecule has 1 unspecified atom stereocenters. The molecule has 3 rings (SSSR count). The van der Waals surface area contributed by atoms with Crippen LogP contribution >= 0.6 is 0 Å². The van der Waals surface area contributed by atoms with Crippen molar-refractivity contribution < 1.29 is 18.0 Å². The molecule has 5 nitrogen and oxygen atoms in total. The molecule has 7 heteroatoms. The standard InChI is InChI=1S/C18H23F2N3O2/c1-4-23(13-7-8-24-18(2,3)10-13)11-16-21-17(22-25-16)12-5-6-14(19)15(20)9-12/h5-6,9,13H,4,7-8,10-11H2,1-3H3. The number of hydrogen-bond donors (Lipinski definition) is 0. The lowest BCUT2D eigenvalue weighted by atomic mass is 9.93. The predicted molar refractivity (Wildman–Crippen MR) is 88.8 cm³/mol. The third kappa shape index (κ3) is 4.22. The Hall–Kier alpha value is -1.86. The quantitative estimate of drug-likeness (QED) is 0.820. The molecule has 1 fully saturated rings. The van der Waals surface area contributed by atoms with Crippen LogP contribution < -0.4 is 0 Å². The van der Waals surface area contributed by atoms with Crippen molar-refractivity contribution in [3.8, 4) is 11.4 Å². The minimum absolute atomic E-state index is 0.137. The van der Waals surface area contributed by atoms with Crippen molar-refractivity contribution in [2.45, 2.75) is 51.8 Å². The third-order valence-electron chi connectivity index (χ3n) is 4.58. The smallest absolute Gasteiger partial charge is 0.241 e. The highest BCUT2D eigenvalue weighted by atomic mass is 19.2. The van der Waals surface area contributed by atoms with Gasteiger partial charge in [-0.15, -0.1) is 0 Å². The summed E-state index contributed by atoms with van der Waals surface area (Å²) in [7, 11) is 0. The van der Waals surface area contributed by atoms with Gasteiger partial charge in [0.2, 0.25) is 11.7 Å². The van der Waals surface area contributed by atoms with Crippen LogP contribution in [-0.2, 0) is 11.3 Å². The van der Waals surface area contributed by atoms with E-state index < -0.39 is 11.6 Å². The molecule has 0 saturated carbocycles. The van der Waals surface area contributed by atoms with E-state index in [1.807, 2.05) is 0 Å². The highest BCUT2D eigenvalue weighted by Crippen LogP contribution is 2.28. The zero-order chi connectivity index (χ0) is 18.0. The van der Waals surface area contributed by atoms with Crippen LogP contribution in [0.15, 0.2) is 22.7 Å². The molecule has 0 N–H and O–H groups in total. The van der Waals surface area contributed by atoms with E-state index in [2.05, 4.69) is 35.8 Å². The lowest BCUT2D eigenvalue weighted by Gasteiger charge is -2.40. The van der Waals surface area contributed by atoms with Gasteiger partial charge in [-0.3, -0.25) is 4.90 Å². The number of benzene rings is 1. The highest BCUT2D eigenvalue weighted by Gasteiger charge is 2.32. The fourth-order valence-corrected chi connectivity index (χ4v) is 3.26. The van der Waals surface area contributed by atoms with Crippen molar-refractivity contribution >= 4 is 0 Å². The Morgan fingerprint density at radius 1 is 1.28 bits per heavy atom. The third-order valence-corrected chi connectivity index (χ3v) is 4.58. The zero-order valence-electron chi connectivity index (χ0n) is 14.8. The molecular formula is C18H23F2N3O2. The van der Waals surface area contributed by atoms with E-state index in [1.54, 1.807) is 0 Å². The van der Waals surface area contributed by atoms with Gasteiger partial charge in [0.25, 0.3) is 0 Å². The maximum Gasteiger partial charge on any atom is 0.241 e. The summed E-state index contributed by atoms with van der Waals surface area (Å²) in [6, 6.07) is 3.95. The molecule has 25 heavy (non-hydrogen) atoms. The maximum atomic E-state index is 13.4. The fourth-order valence-electron chi connectivity index (χ4n) is 3.26. The second-order valence-corrected chi connectivity index (χ2v) is 6.96. The van der Waals surface area contributed by atoms with E-state index >= 15 is 0 Å². The van der Waals surface area contributed by atoms with Crippen molar-refractivity contribution in [2.75, 3.05) is 13.2 Å². The Labute approximate surface area is 146 Å². The summed E-state index contributed by atoms with van der Waals surface area (Å²) < 4.78 is 37.5. The first kappa shape index (κ1) is 17.9. The molecule has 1 atom stereocenters. The number of halogens is 2. The molecule has 2 heterocycles. The monoisotopic (exact) mass is 351 g/mol. The van der Waals surface area contributed by atoms with E-state index in [0.717, 1.165) is 38.1 Å². The van der Waals surface area contributed by atoms with Crippen molar-refractivity contribution in [3.63, 3.8) is 0 Å². The molecular weight excluding hydrogens is 328 g/mol. The van der Waals surface area contributed by atoms with Gasteiger partial charge >= 0.3 is 0 Å². The van der Waals surface area contributed by atoms with Crippen LogP contribution in [0, 0.1) is 11.6 Å². The fraction of sp³-hybridized carbons (Fsp3) is 0.556. The van der Waals surface area contributed by atoms with Gasteiger partial charge < -0.3 is 9.26 Å². The van der Waals surface area contributed by atoms with Gasteiger partial charge in [-0.1, -0.05) is 12.1 Å². The van der Waals surface area contributed by atoms with Crippen molar-refractivity contribution in [1.82, 2.24) is 15.0 Å². The van der Waals surface area contributed by atoms with Gasteiger partial charge in [-0.05, 0) is 51.4 Å². The normalized spacial score (nSPS) is 20.2. The Kier molecular flexibility index (Phi) is 5.15. The van der Waals surface area contributed by atoms with Crippen LogP contribution in [-0.4, -0.2) is 39.8 Å². The van der Waals surface area contributed by atoms with Crippen LogP contribution in [0.25, 0.3) is 11.4 Å². The Balaban J connectivity index is 1.72. The van der Waals surface area contributed by atoms with Crippen LogP contribution in [0.2, 0.25) is 0 Å². The SMILES string of the molecule is CCN(Cc1nc(-c2ccc(F)c(F)c2)no1)C1CCOC(C)(C)C1. The number of ether oxygens (including phenoxy) is 1. The molecule has 136 valence electrons. The highest BCUT2D eigenvalue weighted by molar-refractivity contribution is 5.54. The molecule has 0 aliphatic carbocycles. The van der Waals surface area contributed by atoms with Gasteiger partial charge in [0.15, 0.2) is 11.6 Å². The van der Waals surface area contributed by atoms with Crippen LogP contribution in [0.3, 0.4) is 0 Å². The van der Waals surface area contributed by atoms with Gasteiger partial charge in [0.1, 0.15) is 0 Å². The summed E-state index contributed by atoms with van der Waals surface area (Å²) in [4.78, 5) is 6.61. The van der Waals surface area contributed by atoms with Crippen molar-refractivity contribution in [3.05, 3.63) is 35.7 Å². The molecule has 0 radical (unpaired) electrons. The number of hydrogen-bond acceptors (Lipinski definition) is 5. The van der Waals surface area contributed by atoms with Crippen LogP contribution in [0.4, 0.5) is 8.78 Å². The molecule has 0 bridgehead atoms. The maximum absolute atomic E-state index is 13.4. The molecule has 1 aliphatic rings. The minimum atomic E-state index is -0.927. The number of nitrogens with zero attached hydrogens (tertiary/aromatic N) is 3. The van der Waals surface area contributed by atoms with E-state index in [1.165, 1.54) is 6.07 Å². The van der Waals surface area contributed by atoms with Crippen molar-refractivity contribution in [1.29, 1.82) is 0 Å². The molecule has 2 aromatic rings. The second-order valence-electron chi connectivity index (χ2n) is 6.96. The Morgan fingerprint density at radius 2 is 2.08 bits per heavy atom. The number of rotatable bonds is 5. The molecule has 1 saturated heterocycles. The minimum Gasteiger partial charge on any atom is -0.375 e. The summed E-state index contributed by atoms with van der Waals surface area (Å²) in [5.74, 6) is -1.10. The Morgan fingerprint density at radius 3 is 2.76 bits per heavy atom. The molecule has 0 spiro atoms. The van der Waals surface area contributed by atoms with E-state index in [9.17, 15) is 8.78 Å². The second kappa shape index (κ2) is 7.17. The average Bonchev–Trinajstić information content (AvgIpc) is 3.03. The number of aromatic nitrogens is 2. The summed E-state index contributed by atoms with van der Waals surface area (Å²) in [5, 5.41) is 3.89. The summed E-state index contributed by atoms with van der Waals surface area (Å²) in [6.45, 7) is 8.40. The van der Waals surface area contributed by atoms with E-state index in [4.69, 9.17) is 9.26 Å². The van der Waals surface area contributed by atoms with E-state index in [-0.39, 0.29) is 11.4 Å². The summed E-state index contributed by atoms with van der Waals surface area (Å²) in [5.41, 5.74) is 0.256. The first-order chi connectivity index (χ1) is 11.9. The lowest BCUT2D eigenvalue weighted by molar-refractivity contribution is -0.0848. The first-order valence-corrected chi connectivity index (χ1v) is 8.54. The molecule has 1 aromatic carbocycles. The van der Waals surface area contributed by atoms with Gasteiger partial charge in [-0.2, -0.15) is 4.98 Å². The van der Waals surface area contributed by atoms with Crippen LogP contribution in [0.5, 0.6) is 0 Å². The molecule has 1 aliphatic heterocycles. The average molecular weight is 351 g/mol.